The number of rotatable bonds is 8. The summed E-state index contributed by atoms with van der Waals surface area (Å²) in [5.41, 5.74) is 0.746. The SMILES string of the molecule is CCCCCCC(=O)Oc1ccc(/C=C/C(=O)O)cc1. The zero-order valence-electron chi connectivity index (χ0n) is 11.7. The van der Waals surface area contributed by atoms with Crippen LogP contribution in [0.1, 0.15) is 44.6 Å². The van der Waals surface area contributed by atoms with Crippen LogP contribution >= 0.6 is 0 Å². The molecule has 108 valence electrons. The largest absolute Gasteiger partial charge is 0.478 e. The summed E-state index contributed by atoms with van der Waals surface area (Å²) < 4.78 is 5.20. The van der Waals surface area contributed by atoms with Gasteiger partial charge in [0.05, 0.1) is 0 Å². The van der Waals surface area contributed by atoms with E-state index in [0.717, 1.165) is 37.3 Å². The van der Waals surface area contributed by atoms with E-state index in [0.29, 0.717) is 12.2 Å². The second-order valence-corrected chi connectivity index (χ2v) is 4.53. The molecular weight excluding hydrogens is 256 g/mol. The molecule has 4 heteroatoms. The molecule has 0 saturated heterocycles. The quantitative estimate of drug-likeness (QED) is 0.340. The van der Waals surface area contributed by atoms with Gasteiger partial charge in [0.15, 0.2) is 0 Å². The number of unbranched alkanes of at least 4 members (excludes halogenated alkanes) is 3. The van der Waals surface area contributed by atoms with Gasteiger partial charge in [-0.2, -0.15) is 0 Å². The minimum atomic E-state index is -0.993. The maximum Gasteiger partial charge on any atom is 0.328 e. The van der Waals surface area contributed by atoms with E-state index in [1.54, 1.807) is 24.3 Å². The standard InChI is InChI=1S/C16H20O4/c1-2-3-4-5-6-16(19)20-14-10-7-13(8-11-14)9-12-15(17)18/h7-12H,2-6H2,1H3,(H,17,18)/b12-9+. The molecule has 0 spiro atoms. The molecule has 1 aromatic carbocycles. The van der Waals surface area contributed by atoms with Crippen LogP contribution in [0.5, 0.6) is 5.75 Å². The first kappa shape index (κ1) is 16.0. The Labute approximate surface area is 119 Å². The predicted octanol–water partition coefficient (Wildman–Crippen LogP) is 3.66. The number of benzene rings is 1. The van der Waals surface area contributed by atoms with Gasteiger partial charge in [0.2, 0.25) is 0 Å². The van der Waals surface area contributed by atoms with Gasteiger partial charge < -0.3 is 9.84 Å². The highest BCUT2D eigenvalue weighted by atomic mass is 16.5. The zero-order chi connectivity index (χ0) is 14.8. The van der Waals surface area contributed by atoms with E-state index < -0.39 is 5.97 Å². The van der Waals surface area contributed by atoms with Gasteiger partial charge in [-0.3, -0.25) is 4.79 Å². The van der Waals surface area contributed by atoms with Gasteiger partial charge in [-0.05, 0) is 30.2 Å². The number of carboxylic acid groups (broad SMARTS) is 1. The van der Waals surface area contributed by atoms with Crippen LogP contribution in [0.4, 0.5) is 0 Å². The molecule has 1 rings (SSSR count). The highest BCUT2D eigenvalue weighted by molar-refractivity contribution is 5.85. The highest BCUT2D eigenvalue weighted by Crippen LogP contribution is 2.14. The Morgan fingerprint density at radius 3 is 2.45 bits per heavy atom. The van der Waals surface area contributed by atoms with Gasteiger partial charge in [0.1, 0.15) is 5.75 Å². The van der Waals surface area contributed by atoms with Crippen LogP contribution in [0.15, 0.2) is 30.3 Å². The molecule has 0 heterocycles. The summed E-state index contributed by atoms with van der Waals surface area (Å²) in [6.45, 7) is 2.12. The van der Waals surface area contributed by atoms with Gasteiger partial charge in [-0.15, -0.1) is 0 Å². The van der Waals surface area contributed by atoms with Gasteiger partial charge in [-0.1, -0.05) is 38.3 Å². The van der Waals surface area contributed by atoms with Gasteiger partial charge in [0, 0.05) is 12.5 Å². The Hall–Kier alpha value is -2.10. The first-order valence-corrected chi connectivity index (χ1v) is 6.83. The lowest BCUT2D eigenvalue weighted by molar-refractivity contribution is -0.134. The number of carbonyl (C=O) groups is 2. The molecule has 1 aromatic rings. The van der Waals surface area contributed by atoms with Crippen molar-refractivity contribution in [2.24, 2.45) is 0 Å². The number of hydrogen-bond acceptors (Lipinski definition) is 3. The zero-order valence-corrected chi connectivity index (χ0v) is 11.7. The third-order valence-electron chi connectivity index (χ3n) is 2.76. The third-order valence-corrected chi connectivity index (χ3v) is 2.76. The fraction of sp³-hybridized carbons (Fsp3) is 0.375. The molecule has 0 aromatic heterocycles. The van der Waals surface area contributed by atoms with E-state index in [-0.39, 0.29) is 5.97 Å². The van der Waals surface area contributed by atoms with Crippen LogP contribution < -0.4 is 4.74 Å². The summed E-state index contributed by atoms with van der Waals surface area (Å²) in [7, 11) is 0. The minimum absolute atomic E-state index is 0.227. The Balaban J connectivity index is 2.41. The maximum absolute atomic E-state index is 11.6. The van der Waals surface area contributed by atoms with E-state index >= 15 is 0 Å². The molecule has 0 atom stereocenters. The van der Waals surface area contributed by atoms with Gasteiger partial charge in [0.25, 0.3) is 0 Å². The highest BCUT2D eigenvalue weighted by Gasteiger charge is 2.04. The van der Waals surface area contributed by atoms with Crippen LogP contribution in [0.2, 0.25) is 0 Å². The van der Waals surface area contributed by atoms with Crippen molar-refractivity contribution >= 4 is 18.0 Å². The fourth-order valence-corrected chi connectivity index (χ4v) is 1.69. The molecule has 0 aliphatic rings. The first-order valence-electron chi connectivity index (χ1n) is 6.83. The minimum Gasteiger partial charge on any atom is -0.478 e. The summed E-state index contributed by atoms with van der Waals surface area (Å²) in [4.78, 5) is 21.9. The molecule has 0 bridgehead atoms. The fourth-order valence-electron chi connectivity index (χ4n) is 1.69. The molecule has 20 heavy (non-hydrogen) atoms. The number of ether oxygens (including phenoxy) is 1. The van der Waals surface area contributed by atoms with E-state index in [9.17, 15) is 9.59 Å². The second-order valence-electron chi connectivity index (χ2n) is 4.53. The van der Waals surface area contributed by atoms with Crippen LogP contribution in [-0.2, 0) is 9.59 Å². The topological polar surface area (TPSA) is 63.6 Å². The molecule has 0 aliphatic carbocycles. The molecule has 0 aliphatic heterocycles. The van der Waals surface area contributed by atoms with Crippen molar-refractivity contribution in [2.75, 3.05) is 0 Å². The molecular formula is C16H20O4. The summed E-state index contributed by atoms with van der Waals surface area (Å²) in [6.07, 6.45) is 7.16. The van der Waals surface area contributed by atoms with Crippen LogP contribution in [0.3, 0.4) is 0 Å². The third kappa shape index (κ3) is 6.73. The van der Waals surface area contributed by atoms with Crippen molar-refractivity contribution in [1.82, 2.24) is 0 Å². The van der Waals surface area contributed by atoms with E-state index in [1.807, 2.05) is 0 Å². The lowest BCUT2D eigenvalue weighted by Crippen LogP contribution is -2.07. The number of carboxylic acids is 1. The van der Waals surface area contributed by atoms with Crippen LogP contribution in [0.25, 0.3) is 6.08 Å². The van der Waals surface area contributed by atoms with Crippen molar-refractivity contribution in [2.45, 2.75) is 39.0 Å². The number of carbonyl (C=O) groups excluding carboxylic acids is 1. The number of esters is 1. The summed E-state index contributed by atoms with van der Waals surface area (Å²) >= 11 is 0. The Morgan fingerprint density at radius 2 is 1.85 bits per heavy atom. The normalized spacial score (nSPS) is 10.7. The van der Waals surface area contributed by atoms with E-state index in [1.165, 1.54) is 6.08 Å². The lowest BCUT2D eigenvalue weighted by Gasteiger charge is -2.04. The Kier molecular flexibility index (Phi) is 7.11. The van der Waals surface area contributed by atoms with Crippen molar-refractivity contribution in [1.29, 1.82) is 0 Å². The van der Waals surface area contributed by atoms with Crippen molar-refractivity contribution in [3.63, 3.8) is 0 Å². The number of hydrogen-bond donors (Lipinski definition) is 1. The Bertz CT molecular complexity index is 460. The molecule has 0 saturated carbocycles. The second kappa shape index (κ2) is 8.91. The van der Waals surface area contributed by atoms with Gasteiger partial charge >= 0.3 is 11.9 Å². The monoisotopic (exact) mass is 276 g/mol. The maximum atomic E-state index is 11.6. The Morgan fingerprint density at radius 1 is 1.15 bits per heavy atom. The molecule has 0 amide bonds. The summed E-state index contributed by atoms with van der Waals surface area (Å²) in [5.74, 6) is -0.736. The van der Waals surface area contributed by atoms with Crippen molar-refractivity contribution in [3.8, 4) is 5.75 Å². The number of aliphatic carboxylic acids is 1. The summed E-state index contributed by atoms with van der Waals surface area (Å²) in [5, 5.41) is 8.51. The van der Waals surface area contributed by atoms with E-state index in [2.05, 4.69) is 6.92 Å². The van der Waals surface area contributed by atoms with Crippen molar-refractivity contribution < 1.29 is 19.4 Å². The molecule has 4 nitrogen and oxygen atoms in total. The van der Waals surface area contributed by atoms with E-state index in [4.69, 9.17) is 9.84 Å². The van der Waals surface area contributed by atoms with Crippen LogP contribution in [-0.4, -0.2) is 17.0 Å². The first-order chi connectivity index (χ1) is 9.61. The molecule has 0 radical (unpaired) electrons. The summed E-state index contributed by atoms with van der Waals surface area (Å²) in [6, 6.07) is 6.73. The lowest BCUT2D eigenvalue weighted by atomic mass is 10.1. The predicted molar refractivity (Wildman–Crippen MR) is 77.5 cm³/mol. The molecule has 0 fully saturated rings. The molecule has 1 N–H and O–H groups in total. The average molecular weight is 276 g/mol. The smallest absolute Gasteiger partial charge is 0.328 e. The van der Waals surface area contributed by atoms with Crippen LogP contribution in [0, 0.1) is 0 Å². The average Bonchev–Trinajstić information content (AvgIpc) is 2.43. The molecule has 0 unspecified atom stereocenters. The van der Waals surface area contributed by atoms with Gasteiger partial charge in [-0.25, -0.2) is 4.79 Å². The van der Waals surface area contributed by atoms with Crippen molar-refractivity contribution in [3.05, 3.63) is 35.9 Å².